The Morgan fingerprint density at radius 1 is 0.878 bits per heavy atom. The molecule has 5 saturated heterocycles. The van der Waals surface area contributed by atoms with Gasteiger partial charge in [-0.2, -0.15) is 0 Å². The highest BCUT2D eigenvalue weighted by Gasteiger charge is 3.03. The van der Waals surface area contributed by atoms with E-state index in [1.54, 1.807) is 5.57 Å². The predicted octanol–water partition coefficient (Wildman–Crippen LogP) is 10.8. The summed E-state index contributed by atoms with van der Waals surface area (Å²) in [5, 5.41) is 43.0. The number of benzene rings is 1. The highest BCUT2D eigenvalue weighted by molar-refractivity contribution is 5.96. The van der Waals surface area contributed by atoms with Crippen LogP contribution in [0, 0.1) is 157 Å². The molecule has 512 valence electrons. The number of allylic oxidation sites excluding steroid dienone is 6. The predicted molar refractivity (Wildman–Crippen MR) is 357 cm³/mol. The lowest BCUT2D eigenvalue weighted by Gasteiger charge is -2.75. The average molecular weight is 1320 g/mol. The van der Waals surface area contributed by atoms with E-state index in [2.05, 4.69) is 108 Å². The molecule has 12 bridgehead atoms. The Morgan fingerprint density at radius 2 is 1.79 bits per heavy atom. The molecule has 22 aliphatic rings. The first kappa shape index (κ1) is 58.4. The fourth-order valence-electron chi connectivity index (χ4n) is 33.7. The number of nitrogens with zero attached hydrogens (tertiary/aromatic N) is 1. The van der Waals surface area contributed by atoms with Crippen LogP contribution in [0.3, 0.4) is 0 Å². The maximum absolute atomic E-state index is 18.7. The number of furan rings is 1. The monoisotopic (exact) mass is 1320 g/mol. The molecule has 0 radical (unpaired) electrons. The summed E-state index contributed by atoms with van der Waals surface area (Å²) in [7, 11) is 0. The van der Waals surface area contributed by atoms with Gasteiger partial charge in [0.1, 0.15) is 35.1 Å². The number of epoxide rings is 1. The van der Waals surface area contributed by atoms with Crippen molar-refractivity contribution in [1.29, 1.82) is 0 Å². The van der Waals surface area contributed by atoms with Crippen LogP contribution in [-0.4, -0.2) is 106 Å². The molecule has 33 atom stereocenters. The van der Waals surface area contributed by atoms with Gasteiger partial charge in [-0.05, 0) is 245 Å². The average Bonchev–Trinajstić information content (AvgIpc) is 1.40. The quantitative estimate of drug-likeness (QED) is 0.0891. The molecule has 8 heterocycles. The van der Waals surface area contributed by atoms with Gasteiger partial charge in [0.25, 0.3) is 0 Å². The number of carbonyl (C=O) groups is 3. The summed E-state index contributed by atoms with van der Waals surface area (Å²) in [4.78, 5) is 54.9. The second-order valence-electron chi connectivity index (χ2n) is 37.7. The molecule has 98 heavy (non-hydrogen) atoms. The number of ether oxygens (including phenoxy) is 4. The number of ketones is 1. The summed E-state index contributed by atoms with van der Waals surface area (Å²) in [5.41, 5.74) is -5.29. The Kier molecular flexibility index (Phi) is 11.1. The van der Waals surface area contributed by atoms with Crippen LogP contribution in [0.1, 0.15) is 151 Å². The zero-order chi connectivity index (χ0) is 65.0. The summed E-state index contributed by atoms with van der Waals surface area (Å²) < 4.78 is 39.8. The number of aliphatic hydroxyl groups excluding tert-OH is 3. The third-order valence-corrected chi connectivity index (χ3v) is 35.9. The van der Waals surface area contributed by atoms with Crippen molar-refractivity contribution in [2.45, 2.75) is 195 Å². The lowest BCUT2D eigenvalue weighted by Crippen LogP contribution is -2.85. The molecule has 15 aliphatic carbocycles. The minimum absolute atomic E-state index is 0.00614. The van der Waals surface area contributed by atoms with Crippen molar-refractivity contribution in [2.24, 2.45) is 145 Å². The van der Waals surface area contributed by atoms with Gasteiger partial charge in [-0.15, -0.1) is 0 Å². The molecule has 10 saturated carbocycles. The van der Waals surface area contributed by atoms with E-state index in [4.69, 9.17) is 18.6 Å². The minimum atomic E-state index is -1.59. The van der Waals surface area contributed by atoms with Crippen molar-refractivity contribution in [3.63, 3.8) is 0 Å². The molecule has 13 heteroatoms. The second kappa shape index (κ2) is 18.6. The van der Waals surface area contributed by atoms with E-state index in [1.165, 1.54) is 30.4 Å². The molecule has 1 aromatic carbocycles. The number of rotatable bonds is 7. The Morgan fingerprint density at radius 3 is 2.68 bits per heavy atom. The van der Waals surface area contributed by atoms with E-state index in [1.807, 2.05) is 6.26 Å². The Hall–Kier alpha value is -5.07. The maximum atomic E-state index is 18.7. The smallest absolute Gasteiger partial charge is 0.339 e. The van der Waals surface area contributed by atoms with Crippen LogP contribution in [0.4, 0.5) is 0 Å². The van der Waals surface area contributed by atoms with Gasteiger partial charge in [0, 0.05) is 52.7 Å². The number of aryl methyl sites for hydroxylation is 1. The van der Waals surface area contributed by atoms with E-state index in [-0.39, 0.29) is 83.6 Å². The molecule has 0 unspecified atom stereocenters. The molecule has 4 N–H and O–H groups in total. The van der Waals surface area contributed by atoms with Gasteiger partial charge < -0.3 is 43.6 Å². The van der Waals surface area contributed by atoms with Crippen LogP contribution >= 0.6 is 0 Å². The van der Waals surface area contributed by atoms with Crippen LogP contribution in [0.2, 0.25) is 0 Å². The topological polar surface area (TPSA) is 181 Å². The van der Waals surface area contributed by atoms with E-state index in [9.17, 15) is 14.9 Å². The largest absolute Gasteiger partial charge is 0.469 e. The molecular formula is C85H96N2O11. The van der Waals surface area contributed by atoms with Gasteiger partial charge in [0.05, 0.1) is 48.5 Å². The molecule has 9 spiro atoms. The zero-order valence-corrected chi connectivity index (χ0v) is 56.8. The summed E-state index contributed by atoms with van der Waals surface area (Å²) >= 11 is 0. The number of nitrogens with one attached hydrogen (secondary N) is 1. The number of cyclic esters (lactones) is 1. The van der Waals surface area contributed by atoms with E-state index in [0.29, 0.717) is 85.8 Å². The molecule has 2 aromatic rings. The van der Waals surface area contributed by atoms with Gasteiger partial charge in [-0.3, -0.25) is 14.9 Å². The normalized spacial score (nSPS) is 56.1. The molecule has 15 fully saturated rings. The summed E-state index contributed by atoms with van der Waals surface area (Å²) in [6, 6.07) is 11.3. The summed E-state index contributed by atoms with van der Waals surface area (Å²) in [6.45, 7) is 3.85. The SMILES string of the molecule is C[C@]12C[C@H]3C[C@]45C[C@@H]6C=C[C@@]47C(=O)OC[C@]48[C@H](C(=O)[C@@H](O)[C@@]9([C@H]34)[C@H]3C[C@H](Cc4ccccc4)CC[C@@H]3C#C[C@@H]3CCc4coc(C[C@@H]([C@H]%10CC[C@@H]%11[C@H](C=CN%12CNC[C@@H]%11%12)C%10)[C@H](O)CO)c4[C@@]31OC(=O)[C@H]1O[C@@]192)[C@@]12O[C@]87C(=C[C@H]1[C@]13C=C[C@H]4CCC[C@@H]4[C@H]1CC=C1CC[C@@H]2C[C@@H]13)C[C@H]5C6. The van der Waals surface area contributed by atoms with Crippen molar-refractivity contribution in [2.75, 3.05) is 26.4 Å². The summed E-state index contributed by atoms with van der Waals surface area (Å²) in [6.07, 6.45) is 37.5. The van der Waals surface area contributed by atoms with Gasteiger partial charge >= 0.3 is 11.9 Å². The maximum Gasteiger partial charge on any atom is 0.339 e. The van der Waals surface area contributed by atoms with Crippen molar-refractivity contribution in [1.82, 2.24) is 10.2 Å². The second-order valence-corrected chi connectivity index (χ2v) is 37.7. The Bertz CT molecular complexity index is 4180. The highest BCUT2D eigenvalue weighted by Crippen LogP contribution is 2.95. The fraction of sp³-hybridized carbons (Fsp3) is 0.706. The third-order valence-electron chi connectivity index (χ3n) is 35.9. The van der Waals surface area contributed by atoms with Crippen molar-refractivity contribution >= 4 is 17.7 Å². The van der Waals surface area contributed by atoms with Crippen LogP contribution in [0.5, 0.6) is 0 Å². The molecular weight excluding hydrogens is 1220 g/mol. The molecule has 13 nitrogen and oxygen atoms in total. The number of aliphatic hydroxyl groups is 3. The highest BCUT2D eigenvalue weighted by atomic mass is 16.7. The van der Waals surface area contributed by atoms with E-state index in [0.717, 1.165) is 108 Å². The lowest BCUT2D eigenvalue weighted by atomic mass is 9.27. The van der Waals surface area contributed by atoms with E-state index < -0.39 is 97.4 Å². The first-order valence-electron chi connectivity index (χ1n) is 39.6. The molecule has 0 amide bonds. The Labute approximate surface area is 575 Å². The molecule has 24 rings (SSSR count). The van der Waals surface area contributed by atoms with Crippen LogP contribution in [0.25, 0.3) is 0 Å². The van der Waals surface area contributed by atoms with Crippen molar-refractivity contribution < 1.29 is 53.1 Å². The number of fused-ring (bicyclic) bond motifs is 9. The number of carbonyl (C=O) groups excluding carboxylic acids is 3. The number of hydrogen-bond donors (Lipinski definition) is 4. The third kappa shape index (κ3) is 5.94. The number of Topliss-reactive ketones (excluding diaryl/α,β-unsaturated/α-hetero) is 1. The van der Waals surface area contributed by atoms with Gasteiger partial charge in [-0.25, -0.2) is 4.79 Å². The van der Waals surface area contributed by atoms with Gasteiger partial charge in [0.15, 0.2) is 17.5 Å². The Balaban J connectivity index is 0.762. The van der Waals surface area contributed by atoms with Gasteiger partial charge in [0.2, 0.25) is 0 Å². The minimum Gasteiger partial charge on any atom is -0.469 e. The van der Waals surface area contributed by atoms with Crippen molar-refractivity contribution in [3.05, 3.63) is 119 Å². The first-order valence-corrected chi connectivity index (χ1v) is 39.6. The fourth-order valence-corrected chi connectivity index (χ4v) is 33.7. The van der Waals surface area contributed by atoms with Crippen molar-refractivity contribution in [3.8, 4) is 11.8 Å². The van der Waals surface area contributed by atoms with Crippen LogP contribution < -0.4 is 5.32 Å². The molecule has 7 aliphatic heterocycles. The lowest BCUT2D eigenvalue weighted by molar-refractivity contribution is -0.324. The number of hydrogen-bond acceptors (Lipinski definition) is 13. The standard InChI is InChI=1S/C85H96N2O11/c1-76-37-53-38-77-36-46-22-26-80(77)75(93)95-42-79-70(53)81(72(91)69(90)71(79)82-55-19-13-48-16-21-61-58-9-5-8-47(58)23-25-78(61,62(48)33-55)67(82)34-57(32-56(77)29-46)84(79,80)98-82)63-30-45(28-44-6-3-2-4-7-44)10-11-49(63)12-17-54-18-14-52-41-94-66(68(52)83(54,76)97-74(92)73-85(76,81)96-73)35-60(65(89)40-88)50-15-20-59-51(31-50)24-27-87-43-86-39-64(59)87/h2-4,6-7,16,22-27,34,41,45-47,49-51,53-56,58-65,67,70-73,86,88-89,91H,5,8-11,13-15,18-21,28-33,35-40,42-43H2,1H3/t45-,46+,47+,49+,50-,51+,53-,54+,55+,56+,58-,59+,60-,61+,62-,63-,64-,65+,67-,70+,71-,72+,73+,76-,77-,78+,79+,80+,81-,82-,83-,84+,85+/m0/s1. The van der Waals surface area contributed by atoms with Crippen LogP contribution in [0.15, 0.2) is 101 Å². The first-order chi connectivity index (χ1) is 47.7. The number of esters is 2. The molecule has 1 aromatic heterocycles. The van der Waals surface area contributed by atoms with Gasteiger partial charge in [-0.1, -0.05) is 104 Å². The van der Waals surface area contributed by atoms with Crippen LogP contribution in [-0.2, 0) is 58.2 Å². The summed E-state index contributed by atoms with van der Waals surface area (Å²) in [5.74, 6) is 8.19. The van der Waals surface area contributed by atoms with E-state index >= 15 is 19.5 Å². The zero-order valence-electron chi connectivity index (χ0n) is 56.8.